The maximum absolute atomic E-state index is 12.4. The van der Waals surface area contributed by atoms with Gasteiger partial charge in [-0.15, -0.1) is 0 Å². The number of nitrogens with one attached hydrogen (secondary N) is 1. The summed E-state index contributed by atoms with van der Waals surface area (Å²) in [7, 11) is 0. The number of carbonyl (C=O) groups is 1. The Morgan fingerprint density at radius 1 is 1.18 bits per heavy atom. The van der Waals surface area contributed by atoms with Crippen molar-refractivity contribution in [3.05, 3.63) is 53.6 Å². The third kappa shape index (κ3) is 3.01. The third-order valence-electron chi connectivity index (χ3n) is 3.26. The molecule has 0 atom stereocenters. The second-order valence-corrected chi connectivity index (χ2v) is 5.35. The highest BCUT2D eigenvalue weighted by atomic mass is 32.1. The van der Waals surface area contributed by atoms with Crippen LogP contribution in [0.5, 0.6) is 11.5 Å². The summed E-state index contributed by atoms with van der Waals surface area (Å²) in [5.41, 5.74) is 7.56. The van der Waals surface area contributed by atoms with Gasteiger partial charge in [-0.2, -0.15) is 0 Å². The standard InChI is InChI=1S/C16H14N2O3S/c17-15(22)7-10-3-1-2-4-12(10)16(19)18-11-5-6-13-14(8-11)21-9-20-13/h1-6,8H,7,9H2,(H2,17,22)(H,18,19). The highest BCUT2D eigenvalue weighted by Crippen LogP contribution is 2.34. The maximum atomic E-state index is 12.4. The zero-order valence-corrected chi connectivity index (χ0v) is 12.5. The molecule has 0 unspecified atom stereocenters. The van der Waals surface area contributed by atoms with Gasteiger partial charge in [0.2, 0.25) is 6.79 Å². The number of thiocarbonyl (C=S) groups is 1. The number of nitrogens with two attached hydrogens (primary N) is 1. The molecular weight excluding hydrogens is 300 g/mol. The van der Waals surface area contributed by atoms with Crippen molar-refractivity contribution in [1.29, 1.82) is 0 Å². The van der Waals surface area contributed by atoms with Crippen molar-refractivity contribution in [2.45, 2.75) is 6.42 Å². The Labute approximate surface area is 133 Å². The first-order valence-electron chi connectivity index (χ1n) is 6.71. The Bertz CT molecular complexity index is 746. The van der Waals surface area contributed by atoms with Gasteiger partial charge in [0.15, 0.2) is 11.5 Å². The number of benzene rings is 2. The predicted molar refractivity (Wildman–Crippen MR) is 87.4 cm³/mol. The van der Waals surface area contributed by atoms with Crippen LogP contribution in [-0.2, 0) is 6.42 Å². The quantitative estimate of drug-likeness (QED) is 0.848. The summed E-state index contributed by atoms with van der Waals surface area (Å²) in [6.45, 7) is 0.198. The number of carbonyl (C=O) groups excluding carboxylic acids is 1. The molecule has 0 radical (unpaired) electrons. The van der Waals surface area contributed by atoms with Gasteiger partial charge in [0.05, 0.1) is 4.99 Å². The first-order chi connectivity index (χ1) is 10.6. The van der Waals surface area contributed by atoms with Gasteiger partial charge in [-0.1, -0.05) is 30.4 Å². The fourth-order valence-corrected chi connectivity index (χ4v) is 2.41. The SMILES string of the molecule is NC(=S)Cc1ccccc1C(=O)Nc1ccc2c(c1)OCO2. The van der Waals surface area contributed by atoms with Gasteiger partial charge in [-0.25, -0.2) is 0 Å². The molecule has 1 heterocycles. The molecule has 0 bridgehead atoms. The van der Waals surface area contributed by atoms with Gasteiger partial charge in [0.1, 0.15) is 0 Å². The predicted octanol–water partition coefficient (Wildman–Crippen LogP) is 2.50. The van der Waals surface area contributed by atoms with Gasteiger partial charge >= 0.3 is 0 Å². The first kappa shape index (κ1) is 14.3. The van der Waals surface area contributed by atoms with Crippen LogP contribution < -0.4 is 20.5 Å². The van der Waals surface area contributed by atoms with Crippen LogP contribution >= 0.6 is 12.2 Å². The summed E-state index contributed by atoms with van der Waals surface area (Å²) in [5, 5.41) is 2.84. The molecule has 6 heteroatoms. The highest BCUT2D eigenvalue weighted by molar-refractivity contribution is 7.80. The molecule has 22 heavy (non-hydrogen) atoms. The molecule has 0 aliphatic carbocycles. The van der Waals surface area contributed by atoms with Crippen molar-refractivity contribution in [3.8, 4) is 11.5 Å². The second-order valence-electron chi connectivity index (χ2n) is 4.82. The van der Waals surface area contributed by atoms with Gasteiger partial charge in [0.25, 0.3) is 5.91 Å². The Morgan fingerprint density at radius 3 is 2.77 bits per heavy atom. The molecule has 0 spiro atoms. The monoisotopic (exact) mass is 314 g/mol. The molecule has 0 saturated heterocycles. The number of amides is 1. The van der Waals surface area contributed by atoms with E-state index < -0.39 is 0 Å². The molecule has 5 nitrogen and oxygen atoms in total. The van der Waals surface area contributed by atoms with E-state index in [4.69, 9.17) is 27.4 Å². The van der Waals surface area contributed by atoms with Crippen LogP contribution in [0.4, 0.5) is 5.69 Å². The average Bonchev–Trinajstić information content (AvgIpc) is 2.94. The van der Waals surface area contributed by atoms with Crippen LogP contribution in [0.15, 0.2) is 42.5 Å². The minimum Gasteiger partial charge on any atom is -0.454 e. The van der Waals surface area contributed by atoms with Crippen LogP contribution in [-0.4, -0.2) is 17.7 Å². The molecule has 112 valence electrons. The molecule has 0 saturated carbocycles. The van der Waals surface area contributed by atoms with E-state index in [1.807, 2.05) is 12.1 Å². The number of hydrogen-bond donors (Lipinski definition) is 2. The summed E-state index contributed by atoms with van der Waals surface area (Å²) in [6, 6.07) is 12.5. The lowest BCUT2D eigenvalue weighted by Crippen LogP contribution is -2.18. The summed E-state index contributed by atoms with van der Waals surface area (Å²) >= 11 is 4.92. The van der Waals surface area contributed by atoms with Crippen molar-refractivity contribution in [2.24, 2.45) is 5.73 Å². The Balaban J connectivity index is 1.81. The molecule has 1 amide bonds. The number of anilines is 1. The van der Waals surface area contributed by atoms with E-state index in [9.17, 15) is 4.79 Å². The molecule has 3 N–H and O–H groups in total. The van der Waals surface area contributed by atoms with Gasteiger partial charge < -0.3 is 20.5 Å². The molecule has 1 aliphatic heterocycles. The van der Waals surface area contributed by atoms with Crippen molar-refractivity contribution >= 4 is 28.8 Å². The van der Waals surface area contributed by atoms with E-state index in [0.717, 1.165) is 5.56 Å². The summed E-state index contributed by atoms with van der Waals surface area (Å²) in [6.07, 6.45) is 0.389. The van der Waals surface area contributed by atoms with Crippen LogP contribution in [0.1, 0.15) is 15.9 Å². The number of ether oxygens (including phenoxy) is 2. The summed E-state index contributed by atoms with van der Waals surface area (Å²) in [4.78, 5) is 12.8. The Morgan fingerprint density at radius 2 is 1.95 bits per heavy atom. The van der Waals surface area contributed by atoms with Crippen LogP contribution in [0.2, 0.25) is 0 Å². The third-order valence-corrected chi connectivity index (χ3v) is 3.40. The van der Waals surface area contributed by atoms with Crippen LogP contribution in [0.3, 0.4) is 0 Å². The van der Waals surface area contributed by atoms with E-state index in [-0.39, 0.29) is 12.7 Å². The van der Waals surface area contributed by atoms with E-state index in [1.165, 1.54) is 0 Å². The van der Waals surface area contributed by atoms with E-state index >= 15 is 0 Å². The molecular formula is C16H14N2O3S. The topological polar surface area (TPSA) is 73.6 Å². The lowest BCUT2D eigenvalue weighted by molar-refractivity contribution is 0.102. The van der Waals surface area contributed by atoms with Crippen molar-refractivity contribution < 1.29 is 14.3 Å². The molecule has 0 fully saturated rings. The first-order valence-corrected chi connectivity index (χ1v) is 7.11. The van der Waals surface area contributed by atoms with E-state index in [1.54, 1.807) is 30.3 Å². The molecule has 3 rings (SSSR count). The highest BCUT2D eigenvalue weighted by Gasteiger charge is 2.16. The minimum absolute atomic E-state index is 0.198. The smallest absolute Gasteiger partial charge is 0.255 e. The summed E-state index contributed by atoms with van der Waals surface area (Å²) in [5.74, 6) is 1.08. The molecule has 2 aromatic rings. The largest absolute Gasteiger partial charge is 0.454 e. The van der Waals surface area contributed by atoms with Gasteiger partial charge in [0, 0.05) is 23.7 Å². The van der Waals surface area contributed by atoms with Gasteiger partial charge in [-0.3, -0.25) is 4.79 Å². The van der Waals surface area contributed by atoms with Crippen LogP contribution in [0, 0.1) is 0 Å². The molecule has 0 aromatic heterocycles. The Kier molecular flexibility index (Phi) is 3.93. The Hall–Kier alpha value is -2.60. The lowest BCUT2D eigenvalue weighted by Gasteiger charge is -2.10. The second kappa shape index (κ2) is 6.03. The number of rotatable bonds is 4. The van der Waals surface area contributed by atoms with Crippen molar-refractivity contribution in [2.75, 3.05) is 12.1 Å². The van der Waals surface area contributed by atoms with E-state index in [0.29, 0.717) is 34.2 Å². The average molecular weight is 314 g/mol. The number of fused-ring (bicyclic) bond motifs is 1. The minimum atomic E-state index is -0.217. The lowest BCUT2D eigenvalue weighted by atomic mass is 10.0. The van der Waals surface area contributed by atoms with Crippen LogP contribution in [0.25, 0.3) is 0 Å². The maximum Gasteiger partial charge on any atom is 0.255 e. The summed E-state index contributed by atoms with van der Waals surface area (Å²) < 4.78 is 10.5. The zero-order valence-electron chi connectivity index (χ0n) is 11.7. The van der Waals surface area contributed by atoms with E-state index in [2.05, 4.69) is 5.32 Å². The van der Waals surface area contributed by atoms with Crippen molar-refractivity contribution in [1.82, 2.24) is 0 Å². The van der Waals surface area contributed by atoms with Crippen molar-refractivity contribution in [3.63, 3.8) is 0 Å². The zero-order chi connectivity index (χ0) is 15.5. The van der Waals surface area contributed by atoms with Gasteiger partial charge in [-0.05, 0) is 23.8 Å². The number of hydrogen-bond acceptors (Lipinski definition) is 4. The fourth-order valence-electron chi connectivity index (χ4n) is 2.26. The molecule has 1 aliphatic rings. The molecule has 2 aromatic carbocycles. The normalized spacial score (nSPS) is 12.0. The fraction of sp³-hybridized carbons (Fsp3) is 0.125.